The molecule has 0 spiro atoms. The molecule has 0 bridgehead atoms. The van der Waals surface area contributed by atoms with Crippen LogP contribution in [0.15, 0.2) is 29.1 Å². The summed E-state index contributed by atoms with van der Waals surface area (Å²) in [6, 6.07) is 5.34. The van der Waals surface area contributed by atoms with Gasteiger partial charge < -0.3 is 21.3 Å². The summed E-state index contributed by atoms with van der Waals surface area (Å²) in [6.07, 6.45) is 0.745. The van der Waals surface area contributed by atoms with E-state index < -0.39 is 28.2 Å². The maximum atomic E-state index is 12.9. The minimum Gasteiger partial charge on any atom is -0.369 e. The van der Waals surface area contributed by atoms with Crippen LogP contribution in [-0.4, -0.2) is 45.7 Å². The summed E-state index contributed by atoms with van der Waals surface area (Å²) >= 11 is 0. The second kappa shape index (κ2) is 8.68. The maximum Gasteiger partial charge on any atom is 0.271 e. The molecule has 1 atom stereocenters. The van der Waals surface area contributed by atoms with Crippen LogP contribution in [0.3, 0.4) is 0 Å². The number of anilines is 3. The number of nitro benzene ring substituents is 1. The molecule has 5 N–H and O–H groups in total. The molecule has 0 radical (unpaired) electrons. The Labute approximate surface area is 186 Å². The first-order chi connectivity index (χ1) is 15.7. The number of nitrogens with two attached hydrogens (primary N) is 1. The van der Waals surface area contributed by atoms with E-state index in [-0.39, 0.29) is 47.0 Å². The van der Waals surface area contributed by atoms with Crippen molar-refractivity contribution in [1.82, 2.24) is 9.97 Å². The molecule has 1 unspecified atom stereocenters. The van der Waals surface area contributed by atoms with Crippen molar-refractivity contribution < 1.29 is 19.3 Å². The van der Waals surface area contributed by atoms with Gasteiger partial charge in [-0.15, -0.1) is 0 Å². The number of rotatable bonds is 5. The Bertz CT molecular complexity index is 1200. The first-order valence-corrected chi connectivity index (χ1v) is 10.3. The van der Waals surface area contributed by atoms with Gasteiger partial charge in [-0.1, -0.05) is 6.07 Å². The van der Waals surface area contributed by atoms with Crippen LogP contribution in [0.2, 0.25) is 0 Å². The lowest BCUT2D eigenvalue weighted by atomic mass is 9.92. The average Bonchev–Trinajstić information content (AvgIpc) is 2.78. The summed E-state index contributed by atoms with van der Waals surface area (Å²) in [7, 11) is 0. The third-order valence-corrected chi connectivity index (χ3v) is 5.78. The molecule has 0 saturated carbocycles. The van der Waals surface area contributed by atoms with Gasteiger partial charge in [0.05, 0.1) is 16.4 Å². The van der Waals surface area contributed by atoms with Crippen LogP contribution in [0.25, 0.3) is 0 Å². The zero-order valence-corrected chi connectivity index (χ0v) is 17.4. The summed E-state index contributed by atoms with van der Waals surface area (Å²) in [4.78, 5) is 68.6. The smallest absolute Gasteiger partial charge is 0.271 e. The lowest BCUT2D eigenvalue weighted by molar-refractivity contribution is -0.384. The molecule has 2 aliphatic heterocycles. The number of nitrogens with zero attached hydrogens (tertiary/aromatic N) is 3. The molecule has 4 rings (SSSR count). The van der Waals surface area contributed by atoms with E-state index in [1.54, 1.807) is 4.90 Å². The van der Waals surface area contributed by atoms with Crippen LogP contribution in [0.5, 0.6) is 0 Å². The first kappa shape index (κ1) is 21.9. The maximum absolute atomic E-state index is 12.9. The van der Waals surface area contributed by atoms with Gasteiger partial charge in [-0.05, 0) is 18.9 Å². The van der Waals surface area contributed by atoms with Gasteiger partial charge in [0, 0.05) is 43.2 Å². The molecule has 2 aromatic rings. The number of aromatic amines is 1. The summed E-state index contributed by atoms with van der Waals surface area (Å²) < 4.78 is 0. The number of carbonyl (C=O) groups excluding carboxylic acids is 3. The molecule has 1 aromatic carbocycles. The number of aromatic nitrogens is 2. The molecule has 1 saturated heterocycles. The van der Waals surface area contributed by atoms with Crippen LogP contribution >= 0.6 is 0 Å². The molecule has 172 valence electrons. The molecule has 13 nitrogen and oxygen atoms in total. The van der Waals surface area contributed by atoms with Gasteiger partial charge in [-0.3, -0.25) is 34.3 Å². The van der Waals surface area contributed by atoms with E-state index in [9.17, 15) is 29.3 Å². The minimum absolute atomic E-state index is 0.00769. The van der Waals surface area contributed by atoms with Crippen molar-refractivity contribution >= 4 is 40.9 Å². The predicted molar refractivity (Wildman–Crippen MR) is 117 cm³/mol. The van der Waals surface area contributed by atoms with Crippen molar-refractivity contribution in [3.05, 3.63) is 50.3 Å². The first-order valence-electron chi connectivity index (χ1n) is 10.3. The summed E-state index contributed by atoms with van der Waals surface area (Å²) in [6.45, 7) is 0.889. The highest BCUT2D eigenvalue weighted by molar-refractivity contribution is 6.04. The van der Waals surface area contributed by atoms with E-state index in [1.807, 2.05) is 0 Å². The molecular formula is C20H21N7O6. The highest BCUT2D eigenvalue weighted by Gasteiger charge is 2.35. The van der Waals surface area contributed by atoms with Crippen molar-refractivity contribution in [3.63, 3.8) is 0 Å². The van der Waals surface area contributed by atoms with E-state index in [2.05, 4.69) is 20.6 Å². The van der Waals surface area contributed by atoms with Crippen molar-refractivity contribution in [2.24, 2.45) is 11.7 Å². The molecular weight excluding hydrogens is 434 g/mol. The third kappa shape index (κ3) is 4.51. The number of H-pyrrole nitrogens is 1. The van der Waals surface area contributed by atoms with Gasteiger partial charge in [0.2, 0.25) is 23.7 Å². The van der Waals surface area contributed by atoms with Crippen LogP contribution in [-0.2, 0) is 14.4 Å². The number of amides is 3. The Balaban J connectivity index is 1.58. The highest BCUT2D eigenvalue weighted by atomic mass is 16.6. The highest BCUT2D eigenvalue weighted by Crippen LogP contribution is 2.31. The third-order valence-electron chi connectivity index (χ3n) is 5.78. The number of non-ortho nitro benzene ring substituents is 1. The molecule has 1 aromatic heterocycles. The van der Waals surface area contributed by atoms with E-state index >= 15 is 0 Å². The number of hydrogen-bond donors (Lipinski definition) is 4. The van der Waals surface area contributed by atoms with Crippen LogP contribution in [0.4, 0.5) is 23.1 Å². The number of fused-ring (bicyclic) bond motifs is 1. The van der Waals surface area contributed by atoms with E-state index in [0.717, 1.165) is 0 Å². The zero-order chi connectivity index (χ0) is 23.7. The Morgan fingerprint density at radius 3 is 2.64 bits per heavy atom. The Morgan fingerprint density at radius 2 is 1.97 bits per heavy atom. The molecule has 1 fully saturated rings. The predicted octanol–water partition coefficient (Wildman–Crippen LogP) is 0.444. The second-order valence-electron chi connectivity index (χ2n) is 7.92. The average molecular weight is 455 g/mol. The van der Waals surface area contributed by atoms with Gasteiger partial charge in [0.25, 0.3) is 11.2 Å². The molecule has 33 heavy (non-hydrogen) atoms. The number of primary amides is 1. The standard InChI is InChI=1S/C20H21N7O6/c21-16(29)10-4-6-26(7-5-10)20-24-17-15(19(31)25-20)13(9-14(28)23-17)18(30)22-11-2-1-3-12(8-11)27(32)33/h1-3,8,10,13H,4-7,9H2,(H2,21,29)(H,22,30)(H2,23,24,25,28,31). The molecule has 3 amide bonds. The Morgan fingerprint density at radius 1 is 1.24 bits per heavy atom. The zero-order valence-electron chi connectivity index (χ0n) is 17.4. The number of piperidine rings is 1. The van der Waals surface area contributed by atoms with Crippen molar-refractivity contribution in [1.29, 1.82) is 0 Å². The van der Waals surface area contributed by atoms with Crippen LogP contribution in [0.1, 0.15) is 30.7 Å². The summed E-state index contributed by atoms with van der Waals surface area (Å²) in [5.74, 6) is -2.67. The van der Waals surface area contributed by atoms with Crippen LogP contribution in [0, 0.1) is 16.0 Å². The second-order valence-corrected chi connectivity index (χ2v) is 7.92. The van der Waals surface area contributed by atoms with Crippen molar-refractivity contribution in [3.8, 4) is 0 Å². The molecule has 3 heterocycles. The number of nitrogens with one attached hydrogen (secondary N) is 3. The molecule has 13 heteroatoms. The van der Waals surface area contributed by atoms with E-state index in [1.165, 1.54) is 24.3 Å². The summed E-state index contributed by atoms with van der Waals surface area (Å²) in [5, 5.41) is 16.0. The van der Waals surface area contributed by atoms with Crippen molar-refractivity contribution in [2.45, 2.75) is 25.2 Å². The number of benzene rings is 1. The van der Waals surface area contributed by atoms with Gasteiger partial charge in [-0.25, -0.2) is 0 Å². The normalized spacial score (nSPS) is 18.2. The van der Waals surface area contributed by atoms with E-state index in [0.29, 0.717) is 25.9 Å². The summed E-state index contributed by atoms with van der Waals surface area (Å²) in [5.41, 5.74) is 4.74. The number of hydrogen-bond acceptors (Lipinski definition) is 8. The largest absolute Gasteiger partial charge is 0.369 e. The Hall–Kier alpha value is -4.29. The minimum atomic E-state index is -1.13. The Kier molecular flexibility index (Phi) is 5.77. The fourth-order valence-electron chi connectivity index (χ4n) is 4.04. The van der Waals surface area contributed by atoms with Crippen LogP contribution < -0.4 is 26.8 Å². The SMILES string of the molecule is NC(=O)C1CCN(c2nc3c(c(=O)[nH]2)C(C(=O)Nc2cccc([N+](=O)[O-])c2)CC(=O)N3)CC1. The lowest BCUT2D eigenvalue weighted by Crippen LogP contribution is -2.41. The number of carbonyl (C=O) groups is 3. The fourth-order valence-corrected chi connectivity index (χ4v) is 4.04. The lowest BCUT2D eigenvalue weighted by Gasteiger charge is -2.32. The van der Waals surface area contributed by atoms with Gasteiger partial charge in [0.1, 0.15) is 5.82 Å². The van der Waals surface area contributed by atoms with Crippen molar-refractivity contribution in [2.75, 3.05) is 28.6 Å². The van der Waals surface area contributed by atoms with Gasteiger partial charge >= 0.3 is 0 Å². The van der Waals surface area contributed by atoms with Gasteiger partial charge in [0.15, 0.2) is 0 Å². The fraction of sp³-hybridized carbons (Fsp3) is 0.350. The quantitative estimate of drug-likeness (QED) is 0.368. The van der Waals surface area contributed by atoms with Gasteiger partial charge in [-0.2, -0.15) is 4.98 Å². The molecule has 2 aliphatic rings. The topological polar surface area (TPSA) is 193 Å². The monoisotopic (exact) mass is 455 g/mol. The van der Waals surface area contributed by atoms with E-state index in [4.69, 9.17) is 5.73 Å². The molecule has 0 aliphatic carbocycles. The number of nitro groups is 1.